The van der Waals surface area contributed by atoms with Crippen molar-refractivity contribution in [1.29, 1.82) is 0 Å². The summed E-state index contributed by atoms with van der Waals surface area (Å²) in [5, 5.41) is 3.38. The number of hydrogen-bond donors (Lipinski definition) is 1. The summed E-state index contributed by atoms with van der Waals surface area (Å²) >= 11 is 1.30. The minimum Gasteiger partial charge on any atom is -0.462 e. The third-order valence-electron chi connectivity index (χ3n) is 3.98. The van der Waals surface area contributed by atoms with Crippen molar-refractivity contribution in [1.82, 2.24) is 14.5 Å². The molecule has 0 aliphatic rings. The van der Waals surface area contributed by atoms with E-state index in [1.807, 2.05) is 11.6 Å². The van der Waals surface area contributed by atoms with E-state index in [4.69, 9.17) is 4.74 Å². The van der Waals surface area contributed by atoms with Crippen molar-refractivity contribution in [2.24, 2.45) is 7.05 Å². The maximum absolute atomic E-state index is 13.8. The normalized spacial score (nSPS) is 10.6. The molecular formula is C20H19FN4O3S. The number of nitrogens with zero attached hydrogens (tertiary/aromatic N) is 3. The van der Waals surface area contributed by atoms with Gasteiger partial charge >= 0.3 is 5.97 Å². The van der Waals surface area contributed by atoms with Crippen molar-refractivity contribution in [2.75, 3.05) is 11.9 Å². The Hall–Kier alpha value is -3.20. The number of aromatic nitrogens is 3. The van der Waals surface area contributed by atoms with Gasteiger partial charge in [0.1, 0.15) is 11.5 Å². The second kappa shape index (κ2) is 8.87. The summed E-state index contributed by atoms with van der Waals surface area (Å²) in [6.07, 6.45) is 3.45. The Balaban J connectivity index is 1.83. The number of halogens is 1. The number of ether oxygens (including phenoxy) is 1. The lowest BCUT2D eigenvalue weighted by atomic mass is 10.2. The molecule has 7 nitrogen and oxygen atoms in total. The number of rotatable bonds is 6. The summed E-state index contributed by atoms with van der Waals surface area (Å²) in [6.45, 7) is 3.58. The summed E-state index contributed by atoms with van der Waals surface area (Å²) < 4.78 is 20.6. The molecule has 1 N–H and O–H groups in total. The molecule has 29 heavy (non-hydrogen) atoms. The Morgan fingerprint density at radius 1 is 1.28 bits per heavy atom. The molecule has 0 radical (unpaired) electrons. The van der Waals surface area contributed by atoms with Crippen LogP contribution in [0.5, 0.6) is 0 Å². The Morgan fingerprint density at radius 2 is 2.07 bits per heavy atom. The Morgan fingerprint density at radius 3 is 2.72 bits per heavy atom. The van der Waals surface area contributed by atoms with Crippen molar-refractivity contribution in [3.8, 4) is 0 Å². The third kappa shape index (κ3) is 4.80. The molecule has 3 aromatic rings. The Kier molecular flexibility index (Phi) is 6.28. The average Bonchev–Trinajstić information content (AvgIpc) is 3.08. The number of aryl methyl sites for hydroxylation is 2. The van der Waals surface area contributed by atoms with Gasteiger partial charge in [-0.05, 0) is 55.9 Å². The third-order valence-corrected chi connectivity index (χ3v) is 5.13. The van der Waals surface area contributed by atoms with Gasteiger partial charge in [-0.3, -0.25) is 4.79 Å². The molecule has 0 saturated heterocycles. The number of amides is 1. The number of imidazole rings is 1. The second-order valence-electron chi connectivity index (χ2n) is 6.07. The highest BCUT2D eigenvalue weighted by Gasteiger charge is 2.17. The van der Waals surface area contributed by atoms with Gasteiger partial charge in [-0.2, -0.15) is 0 Å². The highest BCUT2D eigenvalue weighted by atomic mass is 32.2. The summed E-state index contributed by atoms with van der Waals surface area (Å²) in [5.74, 6) is -1.49. The Labute approximate surface area is 171 Å². The van der Waals surface area contributed by atoms with E-state index in [0.717, 1.165) is 0 Å². The van der Waals surface area contributed by atoms with E-state index in [1.54, 1.807) is 32.3 Å². The van der Waals surface area contributed by atoms with E-state index in [-0.39, 0.29) is 12.3 Å². The molecule has 0 atom stereocenters. The van der Waals surface area contributed by atoms with Gasteiger partial charge in [0, 0.05) is 24.3 Å². The monoisotopic (exact) mass is 414 g/mol. The van der Waals surface area contributed by atoms with Crippen LogP contribution in [-0.2, 0) is 11.8 Å². The van der Waals surface area contributed by atoms with E-state index in [0.29, 0.717) is 27.0 Å². The molecule has 1 amide bonds. The van der Waals surface area contributed by atoms with Gasteiger partial charge < -0.3 is 14.6 Å². The minimum absolute atomic E-state index is 0.104. The summed E-state index contributed by atoms with van der Waals surface area (Å²) in [6, 6.07) is 7.05. The van der Waals surface area contributed by atoms with Crippen molar-refractivity contribution in [3.05, 3.63) is 65.5 Å². The number of anilines is 1. The van der Waals surface area contributed by atoms with Crippen LogP contribution < -0.4 is 5.32 Å². The van der Waals surface area contributed by atoms with Crippen molar-refractivity contribution >= 4 is 29.3 Å². The standard InChI is InChI=1S/C20H19FN4O3S/c1-4-28-19(27)14-6-7-15(23-12(14)2)18(26)24-16-11-13(21)5-8-17(16)29-20-22-9-10-25(20)3/h5-11H,4H2,1-3H3,(H,24,26). The zero-order valence-corrected chi connectivity index (χ0v) is 16.9. The lowest BCUT2D eigenvalue weighted by Crippen LogP contribution is -2.16. The molecule has 150 valence electrons. The number of carbonyl (C=O) groups is 2. The molecule has 0 saturated carbocycles. The number of nitrogens with one attached hydrogen (secondary N) is 1. The highest BCUT2D eigenvalue weighted by Crippen LogP contribution is 2.33. The van der Waals surface area contributed by atoms with Crippen molar-refractivity contribution in [2.45, 2.75) is 23.9 Å². The molecule has 9 heteroatoms. The fraction of sp³-hybridized carbons (Fsp3) is 0.200. The van der Waals surface area contributed by atoms with Gasteiger partial charge in [0.2, 0.25) is 0 Å². The lowest BCUT2D eigenvalue weighted by Gasteiger charge is -2.12. The van der Waals surface area contributed by atoms with Crippen LogP contribution in [0.4, 0.5) is 10.1 Å². The molecule has 0 aliphatic carbocycles. The predicted molar refractivity (Wildman–Crippen MR) is 107 cm³/mol. The zero-order valence-electron chi connectivity index (χ0n) is 16.1. The number of benzene rings is 1. The maximum atomic E-state index is 13.8. The van der Waals surface area contributed by atoms with E-state index < -0.39 is 17.7 Å². The van der Waals surface area contributed by atoms with Crippen LogP contribution in [0.2, 0.25) is 0 Å². The number of pyridine rings is 1. The summed E-state index contributed by atoms with van der Waals surface area (Å²) in [4.78, 5) is 33.6. The first kappa shape index (κ1) is 20.5. The predicted octanol–water partition coefficient (Wildman–Crippen LogP) is 3.84. The summed E-state index contributed by atoms with van der Waals surface area (Å²) in [7, 11) is 1.84. The molecule has 0 spiro atoms. The molecule has 0 aliphatic heterocycles. The smallest absolute Gasteiger partial charge is 0.339 e. The van der Waals surface area contributed by atoms with Gasteiger partial charge in [0.05, 0.1) is 23.6 Å². The number of carbonyl (C=O) groups excluding carboxylic acids is 2. The van der Waals surface area contributed by atoms with Gasteiger partial charge in [-0.1, -0.05) is 0 Å². The molecule has 0 fully saturated rings. The first-order valence-electron chi connectivity index (χ1n) is 8.80. The summed E-state index contributed by atoms with van der Waals surface area (Å²) in [5.41, 5.74) is 1.07. The van der Waals surface area contributed by atoms with Crippen molar-refractivity contribution in [3.63, 3.8) is 0 Å². The number of hydrogen-bond acceptors (Lipinski definition) is 6. The quantitative estimate of drug-likeness (QED) is 0.617. The van der Waals surface area contributed by atoms with E-state index in [1.165, 1.54) is 36.0 Å². The lowest BCUT2D eigenvalue weighted by molar-refractivity contribution is 0.0524. The molecule has 3 rings (SSSR count). The van der Waals surface area contributed by atoms with Crippen LogP contribution in [0.3, 0.4) is 0 Å². The molecule has 0 bridgehead atoms. The second-order valence-corrected chi connectivity index (χ2v) is 7.08. The van der Waals surface area contributed by atoms with Gasteiger partial charge in [0.25, 0.3) is 5.91 Å². The topological polar surface area (TPSA) is 86.1 Å². The average molecular weight is 414 g/mol. The highest BCUT2D eigenvalue weighted by molar-refractivity contribution is 7.99. The Bertz CT molecular complexity index is 1070. The fourth-order valence-electron chi connectivity index (χ4n) is 2.54. The van der Waals surface area contributed by atoms with Crippen LogP contribution in [-0.4, -0.2) is 33.0 Å². The van der Waals surface area contributed by atoms with E-state index in [9.17, 15) is 14.0 Å². The van der Waals surface area contributed by atoms with Gasteiger partial charge in [-0.25, -0.2) is 19.2 Å². The first-order chi connectivity index (χ1) is 13.9. The van der Waals surface area contributed by atoms with Crippen LogP contribution in [0.25, 0.3) is 0 Å². The van der Waals surface area contributed by atoms with Crippen LogP contribution >= 0.6 is 11.8 Å². The first-order valence-corrected chi connectivity index (χ1v) is 9.61. The molecule has 0 unspecified atom stereocenters. The molecular weight excluding hydrogens is 395 g/mol. The van der Waals surface area contributed by atoms with E-state index in [2.05, 4.69) is 15.3 Å². The minimum atomic E-state index is -0.518. The zero-order chi connectivity index (χ0) is 21.0. The van der Waals surface area contributed by atoms with Crippen molar-refractivity contribution < 1.29 is 18.7 Å². The number of esters is 1. The van der Waals surface area contributed by atoms with Crippen LogP contribution in [0.1, 0.15) is 33.5 Å². The fourth-order valence-corrected chi connectivity index (χ4v) is 3.41. The SMILES string of the molecule is CCOC(=O)c1ccc(C(=O)Nc2cc(F)ccc2Sc2nccn2C)nc1C. The van der Waals surface area contributed by atoms with E-state index >= 15 is 0 Å². The van der Waals surface area contributed by atoms with Crippen LogP contribution in [0, 0.1) is 12.7 Å². The maximum Gasteiger partial charge on any atom is 0.339 e. The molecule has 2 aromatic heterocycles. The van der Waals surface area contributed by atoms with Gasteiger partial charge in [0.15, 0.2) is 5.16 Å². The van der Waals surface area contributed by atoms with Gasteiger partial charge in [-0.15, -0.1) is 0 Å². The largest absolute Gasteiger partial charge is 0.462 e. The molecule has 1 aromatic carbocycles. The van der Waals surface area contributed by atoms with Crippen LogP contribution in [0.15, 0.2) is 52.8 Å². The molecule has 2 heterocycles.